The number of rotatable bonds is 7. The number of amides is 2. The van der Waals surface area contributed by atoms with Gasteiger partial charge >= 0.3 is 0 Å². The molecule has 3 N–H and O–H groups in total. The number of halogens is 1. The van der Waals surface area contributed by atoms with E-state index in [4.69, 9.17) is 21.1 Å². The van der Waals surface area contributed by atoms with Crippen molar-refractivity contribution in [3.8, 4) is 11.5 Å². The van der Waals surface area contributed by atoms with E-state index < -0.39 is 0 Å². The number of nitrogens with zero attached hydrogens (tertiary/aromatic N) is 1. The lowest BCUT2D eigenvalue weighted by Crippen LogP contribution is -3.13. The third-order valence-corrected chi connectivity index (χ3v) is 4.48. The van der Waals surface area contributed by atoms with E-state index in [1.54, 1.807) is 36.5 Å². The van der Waals surface area contributed by atoms with Crippen molar-refractivity contribution in [3.63, 3.8) is 0 Å². The summed E-state index contributed by atoms with van der Waals surface area (Å²) >= 11 is 5.95. The number of quaternary nitrogens is 1. The molecule has 0 spiro atoms. The predicted octanol–water partition coefficient (Wildman–Crippen LogP) is 0.988. The number of aromatic nitrogens is 1. The number of hydrogen-bond acceptors (Lipinski definition) is 5. The first-order chi connectivity index (χ1) is 13.5. The summed E-state index contributed by atoms with van der Waals surface area (Å²) in [4.78, 5) is 29.4. The average Bonchev–Trinajstić information content (AvgIpc) is 2.69. The molecule has 2 heterocycles. The number of fused-ring (bicyclic) bond motifs is 1. The highest BCUT2D eigenvalue weighted by molar-refractivity contribution is 6.32. The van der Waals surface area contributed by atoms with Crippen LogP contribution in [0.1, 0.15) is 6.92 Å². The van der Waals surface area contributed by atoms with Gasteiger partial charge in [-0.3, -0.25) is 9.59 Å². The minimum Gasteiger partial charge on any atom is -0.486 e. The van der Waals surface area contributed by atoms with Crippen LogP contribution in [0, 0.1) is 0 Å². The molecule has 0 saturated carbocycles. The Morgan fingerprint density at radius 1 is 1.11 bits per heavy atom. The molecule has 0 fully saturated rings. The van der Waals surface area contributed by atoms with Crippen LogP contribution in [0.15, 0.2) is 36.5 Å². The second-order valence-electron chi connectivity index (χ2n) is 6.25. The maximum Gasteiger partial charge on any atom is 0.279 e. The van der Waals surface area contributed by atoms with Crippen molar-refractivity contribution in [2.24, 2.45) is 0 Å². The van der Waals surface area contributed by atoms with Gasteiger partial charge in [-0.2, -0.15) is 0 Å². The van der Waals surface area contributed by atoms with Crippen LogP contribution >= 0.6 is 11.6 Å². The quantitative estimate of drug-likeness (QED) is 0.597. The molecule has 8 nitrogen and oxygen atoms in total. The lowest BCUT2D eigenvalue weighted by molar-refractivity contribution is -0.881. The molecule has 2 aromatic rings. The SMILES string of the molecule is CC[NH+](CC(=O)Nc1ccc2c(c1)OCCO2)CC(=O)Nc1cccnc1Cl. The molecule has 0 aliphatic carbocycles. The van der Waals surface area contributed by atoms with Crippen LogP contribution in [0.3, 0.4) is 0 Å². The molecule has 1 aromatic heterocycles. The number of nitrogens with one attached hydrogen (secondary N) is 3. The predicted molar refractivity (Wildman–Crippen MR) is 105 cm³/mol. The zero-order chi connectivity index (χ0) is 19.9. The van der Waals surface area contributed by atoms with Gasteiger partial charge in [0.25, 0.3) is 11.8 Å². The van der Waals surface area contributed by atoms with Crippen molar-refractivity contribution in [3.05, 3.63) is 41.7 Å². The maximum absolute atomic E-state index is 12.4. The van der Waals surface area contributed by atoms with E-state index in [0.29, 0.717) is 42.6 Å². The van der Waals surface area contributed by atoms with Crippen molar-refractivity contribution in [2.45, 2.75) is 6.92 Å². The highest BCUT2D eigenvalue weighted by Gasteiger charge is 2.19. The smallest absolute Gasteiger partial charge is 0.279 e. The summed E-state index contributed by atoms with van der Waals surface area (Å²) in [6.07, 6.45) is 1.55. The van der Waals surface area contributed by atoms with E-state index in [0.717, 1.165) is 4.90 Å². The van der Waals surface area contributed by atoms with Crippen LogP contribution in [0.5, 0.6) is 11.5 Å². The Bertz CT molecular complexity index is 862. The number of ether oxygens (including phenoxy) is 2. The third kappa shape index (κ3) is 5.34. The summed E-state index contributed by atoms with van der Waals surface area (Å²) in [5, 5.41) is 5.77. The lowest BCUT2D eigenvalue weighted by Gasteiger charge is -2.20. The standard InChI is InChI=1S/C19H21ClN4O4/c1-2-24(12-18(26)23-14-4-3-7-21-19(14)20)11-17(25)22-13-5-6-15-16(10-13)28-9-8-27-15/h3-7,10H,2,8-9,11-12H2,1H3,(H,22,25)(H,23,26)/p+1. The molecule has 1 aliphatic heterocycles. The van der Waals surface area contributed by atoms with E-state index in [9.17, 15) is 9.59 Å². The fraction of sp³-hybridized carbons (Fsp3) is 0.316. The van der Waals surface area contributed by atoms with Gasteiger partial charge < -0.3 is 25.0 Å². The van der Waals surface area contributed by atoms with Crippen LogP contribution in [-0.4, -0.2) is 49.6 Å². The van der Waals surface area contributed by atoms with Crippen LogP contribution in [0.2, 0.25) is 5.15 Å². The molecule has 28 heavy (non-hydrogen) atoms. The number of benzene rings is 1. The molecule has 1 atom stereocenters. The van der Waals surface area contributed by atoms with Gasteiger partial charge in [0.2, 0.25) is 0 Å². The van der Waals surface area contributed by atoms with Gasteiger partial charge in [0.1, 0.15) is 13.2 Å². The number of hydrogen-bond donors (Lipinski definition) is 3. The van der Waals surface area contributed by atoms with E-state index in [2.05, 4.69) is 15.6 Å². The van der Waals surface area contributed by atoms with E-state index in [1.165, 1.54) is 0 Å². The van der Waals surface area contributed by atoms with E-state index in [-0.39, 0.29) is 30.1 Å². The molecule has 0 bridgehead atoms. The molecule has 148 valence electrons. The van der Waals surface area contributed by atoms with E-state index >= 15 is 0 Å². The number of carbonyl (C=O) groups is 2. The van der Waals surface area contributed by atoms with Gasteiger partial charge in [0.05, 0.1) is 12.2 Å². The van der Waals surface area contributed by atoms with Gasteiger partial charge in [-0.25, -0.2) is 4.98 Å². The fourth-order valence-electron chi connectivity index (χ4n) is 2.77. The van der Waals surface area contributed by atoms with Crippen LogP contribution in [-0.2, 0) is 9.59 Å². The van der Waals surface area contributed by atoms with Gasteiger partial charge in [-0.15, -0.1) is 0 Å². The van der Waals surface area contributed by atoms with Crippen molar-refractivity contribution in [1.29, 1.82) is 0 Å². The largest absolute Gasteiger partial charge is 0.486 e. The molecule has 1 aliphatic rings. The van der Waals surface area contributed by atoms with Crippen molar-refractivity contribution < 1.29 is 24.0 Å². The zero-order valence-corrected chi connectivity index (χ0v) is 16.2. The minimum atomic E-state index is -0.237. The summed E-state index contributed by atoms with van der Waals surface area (Å²) in [7, 11) is 0. The van der Waals surface area contributed by atoms with Crippen molar-refractivity contribution >= 4 is 34.8 Å². The second kappa shape index (κ2) is 9.38. The third-order valence-electron chi connectivity index (χ3n) is 4.18. The van der Waals surface area contributed by atoms with Crippen molar-refractivity contribution in [1.82, 2.24) is 4.98 Å². The van der Waals surface area contributed by atoms with Gasteiger partial charge in [0, 0.05) is 18.0 Å². The summed E-state index contributed by atoms with van der Waals surface area (Å²) < 4.78 is 11.0. The molecule has 1 unspecified atom stereocenters. The Balaban J connectivity index is 1.53. The Morgan fingerprint density at radius 2 is 1.82 bits per heavy atom. The Labute approximate surface area is 167 Å². The molecular weight excluding hydrogens is 384 g/mol. The molecule has 0 saturated heterocycles. The minimum absolute atomic E-state index is 0.135. The van der Waals surface area contributed by atoms with Gasteiger partial charge in [0.15, 0.2) is 29.7 Å². The second-order valence-corrected chi connectivity index (χ2v) is 6.61. The molecule has 1 aromatic carbocycles. The monoisotopic (exact) mass is 405 g/mol. The molecule has 0 radical (unpaired) electrons. The Kier molecular flexibility index (Phi) is 6.67. The lowest BCUT2D eigenvalue weighted by atomic mass is 10.2. The number of anilines is 2. The van der Waals surface area contributed by atoms with Crippen LogP contribution < -0.4 is 25.0 Å². The Morgan fingerprint density at radius 3 is 2.54 bits per heavy atom. The first-order valence-corrected chi connectivity index (χ1v) is 9.36. The van der Waals surface area contributed by atoms with Gasteiger partial charge in [-0.05, 0) is 31.2 Å². The first-order valence-electron chi connectivity index (χ1n) is 8.98. The van der Waals surface area contributed by atoms with E-state index in [1.807, 2.05) is 6.92 Å². The zero-order valence-electron chi connectivity index (χ0n) is 15.5. The highest BCUT2D eigenvalue weighted by atomic mass is 35.5. The molecular formula is C19H22ClN4O4+. The average molecular weight is 406 g/mol. The fourth-order valence-corrected chi connectivity index (χ4v) is 2.93. The Hall–Kier alpha value is -2.84. The number of carbonyl (C=O) groups excluding carboxylic acids is 2. The van der Waals surface area contributed by atoms with Crippen LogP contribution in [0.4, 0.5) is 11.4 Å². The molecule has 9 heteroatoms. The highest BCUT2D eigenvalue weighted by Crippen LogP contribution is 2.32. The van der Waals surface area contributed by atoms with Crippen molar-refractivity contribution in [2.75, 3.05) is 43.5 Å². The maximum atomic E-state index is 12.4. The summed E-state index contributed by atoms with van der Waals surface area (Å²) in [6.45, 7) is 3.81. The first kappa shape index (κ1) is 19.9. The van der Waals surface area contributed by atoms with Gasteiger partial charge in [-0.1, -0.05) is 11.6 Å². The summed E-state index contributed by atoms with van der Waals surface area (Å²) in [5.74, 6) is 0.840. The number of likely N-dealkylation sites (N-methyl/N-ethyl adjacent to an activating group) is 1. The molecule has 3 rings (SSSR count). The topological polar surface area (TPSA) is 94.0 Å². The molecule has 2 amide bonds. The summed E-state index contributed by atoms with van der Waals surface area (Å²) in [6, 6.07) is 8.61. The van der Waals surface area contributed by atoms with Crippen LogP contribution in [0.25, 0.3) is 0 Å². The summed E-state index contributed by atoms with van der Waals surface area (Å²) in [5.41, 5.74) is 1.07. The normalized spacial score (nSPS) is 13.5. The number of pyridine rings is 1.